The molecule has 1 fully saturated rings. The van der Waals surface area contributed by atoms with Crippen molar-refractivity contribution in [2.45, 2.75) is 65.1 Å². The summed E-state index contributed by atoms with van der Waals surface area (Å²) < 4.78 is 12.1. The standard InChI is InChI=1S/C16H25BO3/c1-14(2,3)11-8-12(10-13(18)9-11)17-19-15(4,5)16(6,7)20-17/h8-10,18H,1-7H3. The molecular formula is C16H25BO3. The maximum atomic E-state index is 9.97. The third-order valence-corrected chi connectivity index (χ3v) is 4.33. The van der Waals surface area contributed by atoms with Gasteiger partial charge in [0.15, 0.2) is 0 Å². The van der Waals surface area contributed by atoms with Gasteiger partial charge in [0.1, 0.15) is 5.75 Å². The average Bonchev–Trinajstić information content (AvgIpc) is 2.46. The molecule has 0 aliphatic carbocycles. The molecule has 0 spiro atoms. The number of benzene rings is 1. The number of rotatable bonds is 1. The van der Waals surface area contributed by atoms with Crippen LogP contribution >= 0.6 is 0 Å². The second-order valence-electron chi connectivity index (χ2n) is 7.65. The molecule has 110 valence electrons. The summed E-state index contributed by atoms with van der Waals surface area (Å²) in [5, 5.41) is 9.97. The molecule has 1 aromatic rings. The summed E-state index contributed by atoms with van der Waals surface area (Å²) in [7, 11) is -0.437. The fourth-order valence-corrected chi connectivity index (χ4v) is 2.18. The SMILES string of the molecule is CC(C)(C)c1cc(O)cc(B2OC(C)(C)C(C)(C)O2)c1. The van der Waals surface area contributed by atoms with Crippen molar-refractivity contribution in [2.75, 3.05) is 0 Å². The highest BCUT2D eigenvalue weighted by Crippen LogP contribution is 2.37. The Hall–Kier alpha value is -0.995. The van der Waals surface area contributed by atoms with Crippen molar-refractivity contribution >= 4 is 12.6 Å². The quantitative estimate of drug-likeness (QED) is 0.801. The number of hydrogen-bond acceptors (Lipinski definition) is 3. The average molecular weight is 276 g/mol. The molecule has 0 atom stereocenters. The van der Waals surface area contributed by atoms with E-state index < -0.39 is 7.12 Å². The fourth-order valence-electron chi connectivity index (χ4n) is 2.18. The van der Waals surface area contributed by atoms with Gasteiger partial charge in [-0.15, -0.1) is 0 Å². The van der Waals surface area contributed by atoms with E-state index in [1.807, 2.05) is 27.7 Å². The van der Waals surface area contributed by atoms with Crippen LogP contribution in [0.25, 0.3) is 0 Å². The van der Waals surface area contributed by atoms with Crippen LogP contribution in [0, 0.1) is 0 Å². The topological polar surface area (TPSA) is 38.7 Å². The van der Waals surface area contributed by atoms with Gasteiger partial charge in [0.05, 0.1) is 11.2 Å². The number of aromatic hydroxyl groups is 1. The van der Waals surface area contributed by atoms with E-state index in [0.717, 1.165) is 11.0 Å². The van der Waals surface area contributed by atoms with Crippen LogP contribution in [0.1, 0.15) is 54.0 Å². The summed E-state index contributed by atoms with van der Waals surface area (Å²) in [6.07, 6.45) is 0. The fraction of sp³-hybridized carbons (Fsp3) is 0.625. The molecule has 1 saturated heterocycles. The lowest BCUT2D eigenvalue weighted by atomic mass is 9.75. The molecule has 0 unspecified atom stereocenters. The first-order valence-corrected chi connectivity index (χ1v) is 7.12. The Labute approximate surface area is 122 Å². The number of hydrogen-bond donors (Lipinski definition) is 1. The molecule has 0 amide bonds. The first-order chi connectivity index (χ1) is 8.92. The highest BCUT2D eigenvalue weighted by atomic mass is 16.7. The third-order valence-electron chi connectivity index (χ3n) is 4.33. The Kier molecular flexibility index (Phi) is 3.47. The molecule has 1 aromatic carbocycles. The van der Waals surface area contributed by atoms with Gasteiger partial charge in [0.2, 0.25) is 0 Å². The Bertz CT molecular complexity index is 499. The monoisotopic (exact) mass is 276 g/mol. The van der Waals surface area contributed by atoms with Gasteiger partial charge in [-0.3, -0.25) is 0 Å². The summed E-state index contributed by atoms with van der Waals surface area (Å²) in [5.41, 5.74) is 1.17. The lowest BCUT2D eigenvalue weighted by Crippen LogP contribution is -2.41. The predicted octanol–water partition coefficient (Wildman–Crippen LogP) is 2.99. The third kappa shape index (κ3) is 2.72. The molecule has 1 N–H and O–H groups in total. The van der Waals surface area contributed by atoms with E-state index in [0.29, 0.717) is 0 Å². The molecule has 0 bridgehead atoms. The van der Waals surface area contributed by atoms with Crippen LogP contribution in [0.5, 0.6) is 5.75 Å². The van der Waals surface area contributed by atoms with Crippen molar-refractivity contribution in [3.05, 3.63) is 23.8 Å². The Morgan fingerprint density at radius 2 is 1.45 bits per heavy atom. The molecule has 0 radical (unpaired) electrons. The Morgan fingerprint density at radius 1 is 0.950 bits per heavy atom. The first-order valence-electron chi connectivity index (χ1n) is 7.12. The second-order valence-corrected chi connectivity index (χ2v) is 7.65. The van der Waals surface area contributed by atoms with Crippen LogP contribution in [0.4, 0.5) is 0 Å². The van der Waals surface area contributed by atoms with Crippen LogP contribution in [-0.2, 0) is 14.7 Å². The largest absolute Gasteiger partial charge is 0.508 e. The summed E-state index contributed by atoms with van der Waals surface area (Å²) >= 11 is 0. The summed E-state index contributed by atoms with van der Waals surface area (Å²) in [4.78, 5) is 0. The maximum absolute atomic E-state index is 9.97. The van der Waals surface area contributed by atoms with Gasteiger partial charge < -0.3 is 14.4 Å². The molecule has 1 aliphatic rings. The van der Waals surface area contributed by atoms with Gasteiger partial charge >= 0.3 is 7.12 Å². The smallest absolute Gasteiger partial charge is 0.494 e. The summed E-state index contributed by atoms with van der Waals surface area (Å²) in [6.45, 7) is 14.5. The van der Waals surface area contributed by atoms with Gasteiger partial charge in [-0.05, 0) is 56.3 Å². The first kappa shape index (κ1) is 15.4. The van der Waals surface area contributed by atoms with Crippen molar-refractivity contribution in [3.8, 4) is 5.75 Å². The van der Waals surface area contributed by atoms with Crippen molar-refractivity contribution in [3.63, 3.8) is 0 Å². The van der Waals surface area contributed by atoms with Crippen LogP contribution in [0.15, 0.2) is 18.2 Å². The highest BCUT2D eigenvalue weighted by molar-refractivity contribution is 6.62. The minimum absolute atomic E-state index is 0.0306. The molecule has 0 aromatic heterocycles. The molecule has 3 nitrogen and oxygen atoms in total. The van der Waals surface area contributed by atoms with E-state index in [9.17, 15) is 5.11 Å². The van der Waals surface area contributed by atoms with E-state index in [-0.39, 0.29) is 22.4 Å². The maximum Gasteiger partial charge on any atom is 0.494 e. The lowest BCUT2D eigenvalue weighted by Gasteiger charge is -2.32. The van der Waals surface area contributed by atoms with E-state index in [2.05, 4.69) is 26.8 Å². The summed E-state index contributed by atoms with van der Waals surface area (Å²) in [5.74, 6) is 0.252. The van der Waals surface area contributed by atoms with Crippen molar-refractivity contribution in [1.82, 2.24) is 0 Å². The van der Waals surface area contributed by atoms with Crippen LogP contribution in [0.3, 0.4) is 0 Å². The molecule has 4 heteroatoms. The summed E-state index contributed by atoms with van der Waals surface area (Å²) in [6, 6.07) is 5.58. The molecule has 1 heterocycles. The van der Waals surface area contributed by atoms with E-state index >= 15 is 0 Å². The highest BCUT2D eigenvalue weighted by Gasteiger charge is 2.51. The molecule has 20 heavy (non-hydrogen) atoms. The van der Waals surface area contributed by atoms with E-state index in [1.165, 1.54) is 0 Å². The van der Waals surface area contributed by atoms with Gasteiger partial charge in [-0.25, -0.2) is 0 Å². The van der Waals surface area contributed by atoms with E-state index in [4.69, 9.17) is 9.31 Å². The van der Waals surface area contributed by atoms with Gasteiger partial charge in [0, 0.05) is 0 Å². The minimum atomic E-state index is -0.437. The molecule has 1 aliphatic heterocycles. The number of phenols is 1. The van der Waals surface area contributed by atoms with Crippen molar-refractivity contribution in [1.29, 1.82) is 0 Å². The van der Waals surface area contributed by atoms with Crippen LogP contribution in [-0.4, -0.2) is 23.4 Å². The van der Waals surface area contributed by atoms with Gasteiger partial charge in [-0.1, -0.05) is 26.8 Å². The molecular weight excluding hydrogens is 251 g/mol. The van der Waals surface area contributed by atoms with Crippen LogP contribution < -0.4 is 5.46 Å². The normalized spacial score (nSPS) is 21.2. The lowest BCUT2D eigenvalue weighted by molar-refractivity contribution is 0.00578. The van der Waals surface area contributed by atoms with Gasteiger partial charge in [0.25, 0.3) is 0 Å². The molecule has 2 rings (SSSR count). The Balaban J connectivity index is 2.38. The zero-order valence-corrected chi connectivity index (χ0v) is 13.6. The second kappa shape index (κ2) is 4.50. The van der Waals surface area contributed by atoms with Crippen molar-refractivity contribution < 1.29 is 14.4 Å². The zero-order chi connectivity index (χ0) is 15.3. The number of phenolic OH excluding ortho intramolecular Hbond substituents is 1. The van der Waals surface area contributed by atoms with Crippen molar-refractivity contribution in [2.24, 2.45) is 0 Å². The van der Waals surface area contributed by atoms with Crippen LogP contribution in [0.2, 0.25) is 0 Å². The molecule has 0 saturated carbocycles. The zero-order valence-electron chi connectivity index (χ0n) is 13.6. The Morgan fingerprint density at radius 3 is 1.90 bits per heavy atom. The van der Waals surface area contributed by atoms with Gasteiger partial charge in [-0.2, -0.15) is 0 Å². The van der Waals surface area contributed by atoms with E-state index in [1.54, 1.807) is 12.1 Å². The minimum Gasteiger partial charge on any atom is -0.508 e. The predicted molar refractivity (Wildman–Crippen MR) is 82.5 cm³/mol.